The molecule has 2 rings (SSSR count). The first-order chi connectivity index (χ1) is 9.50. The average Bonchev–Trinajstić information content (AvgIpc) is 2.96. The Kier molecular flexibility index (Phi) is 4.81. The minimum absolute atomic E-state index is 0.178. The largest absolute Gasteiger partial charge is 0.398 e. The Morgan fingerprint density at radius 1 is 1.40 bits per heavy atom. The first-order valence-corrected chi connectivity index (χ1v) is 8.33. The van der Waals surface area contributed by atoms with Gasteiger partial charge in [0, 0.05) is 27.4 Å². The first kappa shape index (κ1) is 15.0. The lowest BCUT2D eigenvalue weighted by atomic mass is 10.1. The van der Waals surface area contributed by atoms with Gasteiger partial charge in [-0.1, -0.05) is 18.9 Å². The van der Waals surface area contributed by atoms with Crippen LogP contribution in [0.25, 0.3) is 0 Å². The number of carbonyl (C=O) groups excluding carboxylic acids is 1. The molecule has 1 saturated carbocycles. The van der Waals surface area contributed by atoms with E-state index < -0.39 is 16.0 Å². The molecule has 1 aliphatic rings. The maximum atomic E-state index is 12.4. The van der Waals surface area contributed by atoms with Crippen LogP contribution in [0.4, 0.5) is 11.4 Å². The third-order valence-electron chi connectivity index (χ3n) is 3.98. The number of amides is 1. The molecule has 0 aromatic heterocycles. The summed E-state index contributed by atoms with van der Waals surface area (Å²) in [4.78, 5) is 12.2. The smallest absolute Gasteiger partial charge is 0.239 e. The molecule has 2 atom stereocenters. The minimum atomic E-state index is -1.10. The Hall–Kier alpha value is -1.36. The van der Waals surface area contributed by atoms with Gasteiger partial charge in [-0.3, -0.25) is 9.00 Å². The summed E-state index contributed by atoms with van der Waals surface area (Å²) in [6, 6.07) is 5.41. The van der Waals surface area contributed by atoms with E-state index in [-0.39, 0.29) is 11.2 Å². The van der Waals surface area contributed by atoms with Gasteiger partial charge < -0.3 is 11.1 Å². The topological polar surface area (TPSA) is 72.2 Å². The van der Waals surface area contributed by atoms with E-state index >= 15 is 0 Å². The molecule has 0 heterocycles. The lowest BCUT2D eigenvalue weighted by Gasteiger charge is -2.17. The molecule has 2 unspecified atom stereocenters. The van der Waals surface area contributed by atoms with Gasteiger partial charge in [-0.25, -0.2) is 0 Å². The van der Waals surface area contributed by atoms with Crippen molar-refractivity contribution in [1.82, 2.24) is 0 Å². The molecule has 0 bridgehead atoms. The van der Waals surface area contributed by atoms with Crippen molar-refractivity contribution in [3.8, 4) is 0 Å². The molecule has 1 amide bonds. The van der Waals surface area contributed by atoms with E-state index in [4.69, 9.17) is 5.73 Å². The highest BCUT2D eigenvalue weighted by Crippen LogP contribution is 2.26. The first-order valence-electron chi connectivity index (χ1n) is 7.06. The Morgan fingerprint density at radius 3 is 2.70 bits per heavy atom. The second-order valence-corrected chi connectivity index (χ2v) is 7.42. The second kappa shape index (κ2) is 6.39. The van der Waals surface area contributed by atoms with E-state index in [1.165, 1.54) is 0 Å². The molecule has 3 N–H and O–H groups in total. The fourth-order valence-electron chi connectivity index (χ4n) is 2.54. The van der Waals surface area contributed by atoms with Gasteiger partial charge >= 0.3 is 0 Å². The SMILES string of the molecule is Cc1c(N)cccc1NC(=O)C(C)S(=O)C1CCCC1. The number of hydrogen-bond donors (Lipinski definition) is 2. The molecule has 0 saturated heterocycles. The molecule has 4 nitrogen and oxygen atoms in total. The van der Waals surface area contributed by atoms with Crippen LogP contribution in [0.5, 0.6) is 0 Å². The maximum Gasteiger partial charge on any atom is 0.239 e. The number of anilines is 2. The zero-order chi connectivity index (χ0) is 14.7. The fraction of sp³-hybridized carbons (Fsp3) is 0.533. The quantitative estimate of drug-likeness (QED) is 0.838. The average molecular weight is 294 g/mol. The van der Waals surface area contributed by atoms with E-state index in [0.29, 0.717) is 11.4 Å². The predicted molar refractivity (Wildman–Crippen MR) is 84.1 cm³/mol. The van der Waals surface area contributed by atoms with Crippen molar-refractivity contribution in [3.05, 3.63) is 23.8 Å². The summed E-state index contributed by atoms with van der Waals surface area (Å²) in [6.45, 7) is 3.61. The maximum absolute atomic E-state index is 12.4. The van der Waals surface area contributed by atoms with Crippen LogP contribution in [0.3, 0.4) is 0 Å². The zero-order valence-corrected chi connectivity index (χ0v) is 12.8. The van der Waals surface area contributed by atoms with Crippen molar-refractivity contribution >= 4 is 28.1 Å². The molecule has 0 radical (unpaired) electrons. The lowest BCUT2D eigenvalue weighted by Crippen LogP contribution is -2.33. The van der Waals surface area contributed by atoms with E-state index in [2.05, 4.69) is 5.32 Å². The van der Waals surface area contributed by atoms with Crippen molar-refractivity contribution < 1.29 is 9.00 Å². The minimum Gasteiger partial charge on any atom is -0.398 e. The van der Waals surface area contributed by atoms with Crippen LogP contribution in [-0.2, 0) is 15.6 Å². The number of rotatable bonds is 4. The van der Waals surface area contributed by atoms with Crippen LogP contribution in [0.15, 0.2) is 18.2 Å². The van der Waals surface area contributed by atoms with E-state index in [1.807, 2.05) is 13.0 Å². The van der Waals surface area contributed by atoms with Gasteiger partial charge in [0.15, 0.2) is 0 Å². The van der Waals surface area contributed by atoms with E-state index in [1.54, 1.807) is 19.1 Å². The van der Waals surface area contributed by atoms with Crippen molar-refractivity contribution in [2.24, 2.45) is 0 Å². The highest BCUT2D eigenvalue weighted by molar-refractivity contribution is 7.87. The fourth-order valence-corrected chi connectivity index (χ4v) is 4.18. The summed E-state index contributed by atoms with van der Waals surface area (Å²) in [5.41, 5.74) is 8.01. The summed E-state index contributed by atoms with van der Waals surface area (Å²) in [5, 5.41) is 2.53. The van der Waals surface area contributed by atoms with Gasteiger partial charge in [0.2, 0.25) is 5.91 Å². The van der Waals surface area contributed by atoms with Crippen LogP contribution in [0.2, 0.25) is 0 Å². The summed E-state index contributed by atoms with van der Waals surface area (Å²) < 4.78 is 12.4. The molecule has 5 heteroatoms. The van der Waals surface area contributed by atoms with E-state index in [9.17, 15) is 9.00 Å². The number of nitrogens with two attached hydrogens (primary N) is 1. The molecule has 1 fully saturated rings. The molecule has 0 aliphatic heterocycles. The van der Waals surface area contributed by atoms with Gasteiger partial charge in [-0.2, -0.15) is 0 Å². The molecule has 1 aliphatic carbocycles. The van der Waals surface area contributed by atoms with Crippen LogP contribution in [0, 0.1) is 6.92 Å². The Balaban J connectivity index is 2.03. The Morgan fingerprint density at radius 2 is 2.05 bits per heavy atom. The van der Waals surface area contributed by atoms with Crippen molar-refractivity contribution in [3.63, 3.8) is 0 Å². The molecule has 0 spiro atoms. The Bertz CT molecular complexity index is 525. The summed E-state index contributed by atoms with van der Waals surface area (Å²) >= 11 is 0. The van der Waals surface area contributed by atoms with Crippen molar-refractivity contribution in [1.29, 1.82) is 0 Å². The third kappa shape index (κ3) is 3.20. The van der Waals surface area contributed by atoms with Crippen LogP contribution >= 0.6 is 0 Å². The number of benzene rings is 1. The van der Waals surface area contributed by atoms with Gasteiger partial charge in [-0.15, -0.1) is 0 Å². The van der Waals surface area contributed by atoms with Gasteiger partial charge in [-0.05, 0) is 44.4 Å². The molecular weight excluding hydrogens is 272 g/mol. The number of nitrogens with one attached hydrogen (secondary N) is 1. The van der Waals surface area contributed by atoms with E-state index in [0.717, 1.165) is 31.2 Å². The molecular formula is C15H22N2O2S. The molecule has 20 heavy (non-hydrogen) atoms. The lowest BCUT2D eigenvalue weighted by molar-refractivity contribution is -0.115. The van der Waals surface area contributed by atoms with Gasteiger partial charge in [0.05, 0.1) is 0 Å². The van der Waals surface area contributed by atoms with Crippen LogP contribution in [0.1, 0.15) is 38.2 Å². The molecule has 1 aromatic carbocycles. The Labute approximate surface area is 122 Å². The number of nitrogen functional groups attached to an aromatic ring is 1. The zero-order valence-electron chi connectivity index (χ0n) is 12.0. The van der Waals surface area contributed by atoms with Crippen molar-refractivity contribution in [2.45, 2.75) is 50.0 Å². The standard InChI is InChI=1S/C15H22N2O2S/c1-10-13(16)8-5-9-14(10)17-15(18)11(2)20(19)12-6-3-4-7-12/h5,8-9,11-12H,3-4,6-7,16H2,1-2H3,(H,17,18). The van der Waals surface area contributed by atoms with Crippen LogP contribution in [-0.4, -0.2) is 20.6 Å². The van der Waals surface area contributed by atoms with Gasteiger partial charge in [0.25, 0.3) is 0 Å². The predicted octanol–water partition coefficient (Wildman–Crippen LogP) is 2.60. The summed E-state index contributed by atoms with van der Waals surface area (Å²) in [6.07, 6.45) is 4.20. The van der Waals surface area contributed by atoms with Gasteiger partial charge in [0.1, 0.15) is 5.25 Å². The number of hydrogen-bond acceptors (Lipinski definition) is 3. The molecule has 1 aromatic rings. The summed E-state index contributed by atoms with van der Waals surface area (Å²) in [5.74, 6) is -0.191. The molecule has 110 valence electrons. The van der Waals surface area contributed by atoms with Crippen LogP contribution < -0.4 is 11.1 Å². The summed E-state index contributed by atoms with van der Waals surface area (Å²) in [7, 11) is -1.10. The number of carbonyl (C=O) groups is 1. The van der Waals surface area contributed by atoms with Crippen molar-refractivity contribution in [2.75, 3.05) is 11.1 Å². The monoisotopic (exact) mass is 294 g/mol. The highest BCUT2D eigenvalue weighted by atomic mass is 32.2. The highest BCUT2D eigenvalue weighted by Gasteiger charge is 2.29. The second-order valence-electron chi connectivity index (χ2n) is 5.39. The normalized spacial score (nSPS) is 18.7. The third-order valence-corrected chi connectivity index (χ3v) is 6.02.